The van der Waals surface area contributed by atoms with Gasteiger partial charge in [0.1, 0.15) is 11.5 Å². The lowest BCUT2D eigenvalue weighted by Gasteiger charge is -2.39. The van der Waals surface area contributed by atoms with Gasteiger partial charge in [-0.15, -0.1) is 0 Å². The van der Waals surface area contributed by atoms with E-state index in [0.717, 1.165) is 84.1 Å². The Morgan fingerprint density at radius 2 is 0.694 bits per heavy atom. The van der Waals surface area contributed by atoms with Crippen LogP contribution in [-0.2, 0) is 5.41 Å². The number of rotatable bonds is 6. The standard InChI is InChI=1S/C59H38N2O/c1-3-16-39(17-4-1)41-20-13-23-45(34-41)54-38-55(61-58(60-54)47-25-15-21-42(36-47)40-18-5-2-6-19-40)46-24-14-22-43(35-46)44-32-33-57-53(37-44)59(52-30-11-12-31-56(52)62-57)50-28-9-7-26-48(50)49-27-8-10-29-51(49)59/h1-38H. The Morgan fingerprint density at radius 3 is 1.29 bits per heavy atom. The molecule has 62 heavy (non-hydrogen) atoms. The molecule has 3 nitrogen and oxygen atoms in total. The van der Waals surface area contributed by atoms with Crippen LogP contribution in [0.25, 0.3) is 78.4 Å². The first-order valence-electron chi connectivity index (χ1n) is 21.1. The number of benzene rings is 9. The summed E-state index contributed by atoms with van der Waals surface area (Å²) in [7, 11) is 0. The van der Waals surface area contributed by atoms with Crippen LogP contribution in [0.2, 0.25) is 0 Å². The molecule has 1 aliphatic heterocycles. The lowest BCUT2D eigenvalue weighted by Crippen LogP contribution is -2.32. The van der Waals surface area contributed by atoms with Gasteiger partial charge < -0.3 is 4.74 Å². The largest absolute Gasteiger partial charge is 0.457 e. The summed E-state index contributed by atoms with van der Waals surface area (Å²) in [6.07, 6.45) is 0. The fraction of sp³-hybridized carbons (Fsp3) is 0.0169. The van der Waals surface area contributed by atoms with Crippen LogP contribution in [0, 0.1) is 0 Å². The molecule has 0 atom stereocenters. The zero-order valence-corrected chi connectivity index (χ0v) is 33.7. The van der Waals surface area contributed by atoms with E-state index >= 15 is 0 Å². The zero-order chi connectivity index (χ0) is 41.0. The van der Waals surface area contributed by atoms with E-state index in [-0.39, 0.29) is 0 Å². The van der Waals surface area contributed by atoms with Crippen LogP contribution in [-0.4, -0.2) is 9.97 Å². The van der Waals surface area contributed by atoms with Crippen molar-refractivity contribution in [3.63, 3.8) is 0 Å². The van der Waals surface area contributed by atoms with Crippen molar-refractivity contribution in [2.45, 2.75) is 5.41 Å². The van der Waals surface area contributed by atoms with E-state index in [4.69, 9.17) is 14.7 Å². The summed E-state index contributed by atoms with van der Waals surface area (Å²) >= 11 is 0. The average molecular weight is 791 g/mol. The van der Waals surface area contributed by atoms with E-state index in [1.807, 2.05) is 6.07 Å². The predicted molar refractivity (Wildman–Crippen MR) is 252 cm³/mol. The Morgan fingerprint density at radius 1 is 0.274 bits per heavy atom. The molecule has 0 amide bonds. The minimum atomic E-state index is -0.538. The molecule has 0 saturated carbocycles. The summed E-state index contributed by atoms with van der Waals surface area (Å²) < 4.78 is 6.74. The number of aromatic nitrogens is 2. The summed E-state index contributed by atoms with van der Waals surface area (Å²) in [6.45, 7) is 0. The van der Waals surface area contributed by atoms with Gasteiger partial charge >= 0.3 is 0 Å². The summed E-state index contributed by atoms with van der Waals surface area (Å²) in [6, 6.07) is 82.0. The van der Waals surface area contributed by atoms with E-state index in [2.05, 4.69) is 224 Å². The minimum absolute atomic E-state index is 0.538. The Labute approximate surface area is 361 Å². The summed E-state index contributed by atoms with van der Waals surface area (Å²) in [5.41, 5.74) is 18.3. The summed E-state index contributed by atoms with van der Waals surface area (Å²) in [4.78, 5) is 10.6. The molecule has 0 radical (unpaired) electrons. The average Bonchev–Trinajstić information content (AvgIpc) is 3.65. The van der Waals surface area contributed by atoms with Crippen LogP contribution in [0.4, 0.5) is 0 Å². The van der Waals surface area contributed by atoms with Gasteiger partial charge in [-0.1, -0.05) is 188 Å². The first-order chi connectivity index (χ1) is 30.7. The molecule has 1 spiro atoms. The molecule has 1 aromatic heterocycles. The van der Waals surface area contributed by atoms with Gasteiger partial charge in [0.15, 0.2) is 5.82 Å². The van der Waals surface area contributed by atoms with Crippen LogP contribution < -0.4 is 4.74 Å². The molecule has 10 aromatic rings. The molecule has 0 unspecified atom stereocenters. The molecular weight excluding hydrogens is 753 g/mol. The molecule has 3 heteroatoms. The van der Waals surface area contributed by atoms with Crippen LogP contribution in [0.1, 0.15) is 22.3 Å². The van der Waals surface area contributed by atoms with Crippen molar-refractivity contribution in [3.8, 4) is 89.9 Å². The van der Waals surface area contributed by atoms with Gasteiger partial charge in [0.25, 0.3) is 0 Å². The molecule has 0 bridgehead atoms. The number of hydrogen-bond acceptors (Lipinski definition) is 3. The maximum atomic E-state index is 6.74. The highest BCUT2D eigenvalue weighted by Crippen LogP contribution is 2.62. The first-order valence-corrected chi connectivity index (χ1v) is 21.1. The van der Waals surface area contributed by atoms with Gasteiger partial charge in [-0.25, -0.2) is 9.97 Å². The Balaban J connectivity index is 1.01. The van der Waals surface area contributed by atoms with Crippen molar-refractivity contribution in [1.82, 2.24) is 9.97 Å². The van der Waals surface area contributed by atoms with Crippen LogP contribution >= 0.6 is 0 Å². The highest BCUT2D eigenvalue weighted by Gasteiger charge is 2.51. The number of ether oxygens (including phenoxy) is 1. The van der Waals surface area contributed by atoms with Crippen molar-refractivity contribution >= 4 is 0 Å². The van der Waals surface area contributed by atoms with Gasteiger partial charge in [-0.2, -0.15) is 0 Å². The Kier molecular flexibility index (Phi) is 8.39. The highest BCUT2D eigenvalue weighted by atomic mass is 16.5. The molecule has 9 aromatic carbocycles. The number of para-hydroxylation sites is 1. The SMILES string of the molecule is c1ccc(-c2cccc(-c3cc(-c4cccc(-c5ccc6c(c5)C5(c7ccccc7O6)c6ccccc6-c6ccccc65)c4)nc(-c4cccc(-c5ccccc5)c4)n3)c2)cc1. The molecule has 0 fully saturated rings. The minimum Gasteiger partial charge on any atom is -0.457 e. The lowest BCUT2D eigenvalue weighted by molar-refractivity contribution is 0.436. The van der Waals surface area contributed by atoms with Gasteiger partial charge in [0, 0.05) is 27.8 Å². The molecule has 2 aliphatic rings. The number of hydrogen-bond donors (Lipinski definition) is 0. The number of nitrogens with zero attached hydrogens (tertiary/aromatic N) is 2. The van der Waals surface area contributed by atoms with E-state index in [1.54, 1.807) is 0 Å². The van der Waals surface area contributed by atoms with Crippen molar-refractivity contribution in [3.05, 3.63) is 253 Å². The molecule has 1 aliphatic carbocycles. The molecule has 2 heterocycles. The third kappa shape index (κ3) is 5.82. The second-order valence-corrected chi connectivity index (χ2v) is 16.1. The molecule has 0 N–H and O–H groups in total. The predicted octanol–water partition coefficient (Wildman–Crippen LogP) is 14.9. The summed E-state index contributed by atoms with van der Waals surface area (Å²) in [5.74, 6) is 2.44. The second kappa shape index (κ2) is 14.5. The second-order valence-electron chi connectivity index (χ2n) is 16.1. The van der Waals surface area contributed by atoms with Crippen molar-refractivity contribution in [2.75, 3.05) is 0 Å². The Bertz CT molecular complexity index is 3190. The van der Waals surface area contributed by atoms with E-state index in [9.17, 15) is 0 Å². The quantitative estimate of drug-likeness (QED) is 0.168. The van der Waals surface area contributed by atoms with Gasteiger partial charge in [-0.3, -0.25) is 0 Å². The molecule has 12 rings (SSSR count). The smallest absolute Gasteiger partial charge is 0.160 e. The fourth-order valence-corrected chi connectivity index (χ4v) is 9.72. The van der Waals surface area contributed by atoms with E-state index in [1.165, 1.54) is 22.3 Å². The van der Waals surface area contributed by atoms with Gasteiger partial charge in [-0.05, 0) is 98.1 Å². The number of fused-ring (bicyclic) bond motifs is 9. The molecule has 0 saturated heterocycles. The monoisotopic (exact) mass is 790 g/mol. The summed E-state index contributed by atoms with van der Waals surface area (Å²) in [5, 5.41) is 0. The van der Waals surface area contributed by atoms with Crippen LogP contribution in [0.15, 0.2) is 231 Å². The normalized spacial score (nSPS) is 12.8. The van der Waals surface area contributed by atoms with Crippen molar-refractivity contribution in [2.24, 2.45) is 0 Å². The highest BCUT2D eigenvalue weighted by molar-refractivity contribution is 5.89. The van der Waals surface area contributed by atoms with E-state index in [0.29, 0.717) is 5.82 Å². The van der Waals surface area contributed by atoms with Gasteiger partial charge in [0.05, 0.1) is 16.8 Å². The Hall–Kier alpha value is -8.14. The van der Waals surface area contributed by atoms with Gasteiger partial charge in [0.2, 0.25) is 0 Å². The van der Waals surface area contributed by atoms with Crippen LogP contribution in [0.5, 0.6) is 11.5 Å². The maximum Gasteiger partial charge on any atom is 0.160 e. The lowest BCUT2D eigenvalue weighted by atomic mass is 9.66. The molecular formula is C59H38N2O. The third-order valence-corrected chi connectivity index (χ3v) is 12.6. The zero-order valence-electron chi connectivity index (χ0n) is 33.7. The molecule has 290 valence electrons. The maximum absolute atomic E-state index is 6.74. The first kappa shape index (κ1) is 35.8. The van der Waals surface area contributed by atoms with E-state index < -0.39 is 5.41 Å². The van der Waals surface area contributed by atoms with Crippen molar-refractivity contribution < 1.29 is 4.74 Å². The van der Waals surface area contributed by atoms with Crippen molar-refractivity contribution in [1.29, 1.82) is 0 Å². The topological polar surface area (TPSA) is 35.0 Å². The third-order valence-electron chi connectivity index (χ3n) is 12.6. The fourth-order valence-electron chi connectivity index (χ4n) is 9.72. The van der Waals surface area contributed by atoms with Crippen LogP contribution in [0.3, 0.4) is 0 Å².